The van der Waals surface area contributed by atoms with E-state index in [1.807, 2.05) is 30.9 Å². The Hall–Kier alpha value is -3.47. The van der Waals surface area contributed by atoms with Crippen LogP contribution in [-0.2, 0) is 7.05 Å². The molecule has 1 aliphatic rings. The molecule has 142 valence electrons. The molecule has 1 fully saturated rings. The number of aryl methyl sites for hydroxylation is 2. The molecule has 8 nitrogen and oxygen atoms in total. The quantitative estimate of drug-likeness (QED) is 0.694. The lowest BCUT2D eigenvalue weighted by atomic mass is 10.1. The number of piperazine rings is 1. The molecular weight excluding hydrogens is 352 g/mol. The van der Waals surface area contributed by atoms with Gasteiger partial charge in [-0.3, -0.25) is 4.68 Å². The molecule has 0 bridgehead atoms. The molecule has 0 amide bonds. The number of aromatic nitrogens is 5. The van der Waals surface area contributed by atoms with Crippen molar-refractivity contribution in [1.82, 2.24) is 24.7 Å². The maximum absolute atomic E-state index is 9.31. The molecule has 1 saturated heterocycles. The molecule has 0 aliphatic carbocycles. The highest BCUT2D eigenvalue weighted by molar-refractivity contribution is 5.65. The molecule has 0 saturated carbocycles. The van der Waals surface area contributed by atoms with Gasteiger partial charge in [0.2, 0.25) is 5.95 Å². The summed E-state index contributed by atoms with van der Waals surface area (Å²) >= 11 is 0. The maximum Gasteiger partial charge on any atom is 0.225 e. The first-order valence-corrected chi connectivity index (χ1v) is 9.27. The van der Waals surface area contributed by atoms with Gasteiger partial charge < -0.3 is 9.80 Å². The highest BCUT2D eigenvalue weighted by Gasteiger charge is 2.22. The minimum atomic E-state index is 0.608. The Bertz CT molecular complexity index is 1040. The van der Waals surface area contributed by atoms with Gasteiger partial charge in [-0.05, 0) is 32.0 Å². The molecule has 4 heterocycles. The molecule has 0 unspecified atom stereocenters. The van der Waals surface area contributed by atoms with Crippen LogP contribution in [0, 0.1) is 25.2 Å². The van der Waals surface area contributed by atoms with Crippen LogP contribution in [-0.4, -0.2) is 50.9 Å². The normalized spacial score (nSPS) is 14.2. The monoisotopic (exact) mass is 374 g/mol. The van der Waals surface area contributed by atoms with Crippen LogP contribution in [0.2, 0.25) is 0 Å². The van der Waals surface area contributed by atoms with Gasteiger partial charge in [0, 0.05) is 56.9 Å². The number of hydrogen-bond acceptors (Lipinski definition) is 7. The van der Waals surface area contributed by atoms with Crippen molar-refractivity contribution in [3.05, 3.63) is 47.5 Å². The number of nitriles is 1. The zero-order valence-electron chi connectivity index (χ0n) is 16.3. The van der Waals surface area contributed by atoms with E-state index in [9.17, 15) is 5.26 Å². The van der Waals surface area contributed by atoms with Crippen molar-refractivity contribution < 1.29 is 0 Å². The van der Waals surface area contributed by atoms with Crippen LogP contribution in [0.25, 0.3) is 11.3 Å². The largest absolute Gasteiger partial charge is 0.352 e. The van der Waals surface area contributed by atoms with Gasteiger partial charge in [0.15, 0.2) is 0 Å². The van der Waals surface area contributed by atoms with Crippen molar-refractivity contribution in [2.75, 3.05) is 36.0 Å². The zero-order valence-corrected chi connectivity index (χ0v) is 16.3. The van der Waals surface area contributed by atoms with Gasteiger partial charge >= 0.3 is 0 Å². The van der Waals surface area contributed by atoms with Gasteiger partial charge in [-0.2, -0.15) is 10.4 Å². The lowest BCUT2D eigenvalue weighted by molar-refractivity contribution is 0.634. The minimum absolute atomic E-state index is 0.608. The van der Waals surface area contributed by atoms with Crippen LogP contribution in [0.5, 0.6) is 0 Å². The third-order valence-corrected chi connectivity index (χ3v) is 5.18. The van der Waals surface area contributed by atoms with Crippen LogP contribution in [0.15, 0.2) is 30.6 Å². The van der Waals surface area contributed by atoms with Crippen LogP contribution in [0.4, 0.5) is 11.8 Å². The number of nitrogens with zero attached hydrogens (tertiary/aromatic N) is 8. The molecule has 28 heavy (non-hydrogen) atoms. The average Bonchev–Trinajstić information content (AvgIpc) is 2.99. The summed E-state index contributed by atoms with van der Waals surface area (Å²) in [5.74, 6) is 1.47. The Morgan fingerprint density at radius 1 is 1.00 bits per heavy atom. The number of anilines is 2. The van der Waals surface area contributed by atoms with Crippen molar-refractivity contribution in [3.8, 4) is 17.3 Å². The third kappa shape index (κ3) is 3.16. The van der Waals surface area contributed by atoms with E-state index in [0.717, 1.165) is 60.6 Å². The SMILES string of the molecule is Cc1nn(C)c(C)c1-c1ccnc(N2CCN(c3ncccc3C#N)CC2)n1. The van der Waals surface area contributed by atoms with E-state index in [4.69, 9.17) is 4.98 Å². The predicted octanol–water partition coefficient (Wildman–Crippen LogP) is 2.09. The van der Waals surface area contributed by atoms with Gasteiger partial charge in [-0.25, -0.2) is 15.0 Å². The molecule has 3 aromatic rings. The first kappa shape index (κ1) is 17.9. The van der Waals surface area contributed by atoms with E-state index in [1.165, 1.54) is 0 Å². The molecule has 4 rings (SSSR count). The summed E-state index contributed by atoms with van der Waals surface area (Å²) in [5.41, 5.74) is 4.63. The predicted molar refractivity (Wildman–Crippen MR) is 107 cm³/mol. The summed E-state index contributed by atoms with van der Waals surface area (Å²) in [5, 5.41) is 13.8. The highest BCUT2D eigenvalue weighted by Crippen LogP contribution is 2.26. The molecule has 1 aliphatic heterocycles. The molecule has 0 radical (unpaired) electrons. The second-order valence-electron chi connectivity index (χ2n) is 6.87. The van der Waals surface area contributed by atoms with Gasteiger partial charge in [-0.1, -0.05) is 0 Å². The highest BCUT2D eigenvalue weighted by atomic mass is 15.3. The van der Waals surface area contributed by atoms with Crippen LogP contribution >= 0.6 is 0 Å². The molecule has 0 atom stereocenters. The number of hydrogen-bond donors (Lipinski definition) is 0. The van der Waals surface area contributed by atoms with E-state index < -0.39 is 0 Å². The van der Waals surface area contributed by atoms with Crippen LogP contribution < -0.4 is 9.80 Å². The first-order chi connectivity index (χ1) is 13.6. The summed E-state index contributed by atoms with van der Waals surface area (Å²) in [6, 6.07) is 7.76. The lowest BCUT2D eigenvalue weighted by Crippen LogP contribution is -2.47. The van der Waals surface area contributed by atoms with Crippen LogP contribution in [0.3, 0.4) is 0 Å². The van der Waals surface area contributed by atoms with Crippen molar-refractivity contribution >= 4 is 11.8 Å². The molecule has 0 spiro atoms. The van der Waals surface area contributed by atoms with E-state index in [-0.39, 0.29) is 0 Å². The van der Waals surface area contributed by atoms with E-state index >= 15 is 0 Å². The van der Waals surface area contributed by atoms with Gasteiger partial charge in [0.25, 0.3) is 0 Å². The van der Waals surface area contributed by atoms with Crippen molar-refractivity contribution in [2.45, 2.75) is 13.8 Å². The summed E-state index contributed by atoms with van der Waals surface area (Å²) in [6.07, 6.45) is 3.54. The summed E-state index contributed by atoms with van der Waals surface area (Å²) in [7, 11) is 1.94. The second-order valence-corrected chi connectivity index (χ2v) is 6.87. The fraction of sp³-hybridized carbons (Fsp3) is 0.350. The van der Waals surface area contributed by atoms with Gasteiger partial charge in [0.05, 0.1) is 17.0 Å². The van der Waals surface area contributed by atoms with E-state index in [1.54, 1.807) is 18.3 Å². The molecular formula is C20H22N8. The van der Waals surface area contributed by atoms with Crippen molar-refractivity contribution in [3.63, 3.8) is 0 Å². The Labute approximate surface area is 164 Å². The van der Waals surface area contributed by atoms with E-state index in [0.29, 0.717) is 5.56 Å². The Balaban J connectivity index is 1.54. The average molecular weight is 374 g/mol. The van der Waals surface area contributed by atoms with Crippen molar-refractivity contribution in [2.24, 2.45) is 7.05 Å². The molecule has 8 heteroatoms. The third-order valence-electron chi connectivity index (χ3n) is 5.18. The Kier molecular flexibility index (Phi) is 4.65. The van der Waals surface area contributed by atoms with Crippen LogP contribution in [0.1, 0.15) is 17.0 Å². The molecule has 0 aromatic carbocycles. The first-order valence-electron chi connectivity index (χ1n) is 9.27. The minimum Gasteiger partial charge on any atom is -0.352 e. The summed E-state index contributed by atoms with van der Waals surface area (Å²) in [4.78, 5) is 18.0. The van der Waals surface area contributed by atoms with Gasteiger partial charge in [-0.15, -0.1) is 0 Å². The topological polar surface area (TPSA) is 86.8 Å². The molecule has 0 N–H and O–H groups in total. The lowest BCUT2D eigenvalue weighted by Gasteiger charge is -2.35. The molecule has 3 aromatic heterocycles. The van der Waals surface area contributed by atoms with E-state index in [2.05, 4.69) is 37.9 Å². The standard InChI is InChI=1S/C20H22N8/c1-14-18(15(2)26(3)25-14)17-6-8-23-20(24-17)28-11-9-27(10-12-28)19-16(13-21)5-4-7-22-19/h4-8H,9-12H2,1-3H3. The Morgan fingerprint density at radius 3 is 2.43 bits per heavy atom. The summed E-state index contributed by atoms with van der Waals surface area (Å²) in [6.45, 7) is 7.14. The smallest absolute Gasteiger partial charge is 0.225 e. The maximum atomic E-state index is 9.31. The second kappa shape index (κ2) is 7.27. The number of pyridine rings is 1. The van der Waals surface area contributed by atoms with Crippen molar-refractivity contribution in [1.29, 1.82) is 5.26 Å². The Morgan fingerprint density at radius 2 is 1.75 bits per heavy atom. The van der Waals surface area contributed by atoms with Gasteiger partial charge in [0.1, 0.15) is 11.9 Å². The summed E-state index contributed by atoms with van der Waals surface area (Å²) < 4.78 is 1.88. The number of rotatable bonds is 3. The zero-order chi connectivity index (χ0) is 19.7. The fourth-order valence-corrected chi connectivity index (χ4v) is 3.64. The fourth-order valence-electron chi connectivity index (χ4n) is 3.64.